The van der Waals surface area contributed by atoms with E-state index in [-0.39, 0.29) is 13.1 Å². The molecule has 0 bridgehead atoms. The molecule has 0 aromatic heterocycles. The SMILES string of the molecule is C#CCN(CC#C)CCCCCC[C@@H](C(=O)O)N(CC#C)CC#C. The van der Waals surface area contributed by atoms with Crippen LogP contribution < -0.4 is 0 Å². The molecule has 1 atom stereocenters. The maximum absolute atomic E-state index is 11.4. The number of terminal acetylenes is 4. The fraction of sp³-hybridized carbons (Fsp3) is 0.550. The number of carboxylic acids is 1. The van der Waals surface area contributed by atoms with Crippen molar-refractivity contribution in [2.45, 2.75) is 38.1 Å². The van der Waals surface area contributed by atoms with E-state index < -0.39 is 12.0 Å². The Kier molecular flexibility index (Phi) is 12.8. The first-order valence-electron chi connectivity index (χ1n) is 8.03. The summed E-state index contributed by atoms with van der Waals surface area (Å²) in [5.74, 6) is 9.24. The van der Waals surface area contributed by atoms with Crippen LogP contribution in [0.3, 0.4) is 0 Å². The van der Waals surface area contributed by atoms with Crippen molar-refractivity contribution in [1.82, 2.24) is 9.80 Å². The Balaban J connectivity index is 4.16. The molecule has 0 aromatic carbocycles. The largest absolute Gasteiger partial charge is 0.480 e. The van der Waals surface area contributed by atoms with Crippen LogP contribution in [-0.4, -0.2) is 59.6 Å². The smallest absolute Gasteiger partial charge is 0.320 e. The molecule has 0 aromatic rings. The number of carbonyl (C=O) groups is 1. The average Bonchev–Trinajstić information content (AvgIpc) is 2.54. The predicted molar refractivity (Wildman–Crippen MR) is 97.9 cm³/mol. The minimum atomic E-state index is -0.880. The minimum Gasteiger partial charge on any atom is -0.480 e. The molecule has 128 valence electrons. The topological polar surface area (TPSA) is 43.8 Å². The molecular weight excluding hydrogens is 300 g/mol. The molecule has 1 N–H and O–H groups in total. The molecule has 0 radical (unpaired) electrons. The summed E-state index contributed by atoms with van der Waals surface area (Å²) in [7, 11) is 0. The molecule has 4 nitrogen and oxygen atoms in total. The lowest BCUT2D eigenvalue weighted by atomic mass is 10.1. The van der Waals surface area contributed by atoms with Crippen LogP contribution in [0, 0.1) is 49.4 Å². The van der Waals surface area contributed by atoms with Crippen molar-refractivity contribution < 1.29 is 9.90 Å². The van der Waals surface area contributed by atoms with Gasteiger partial charge in [0, 0.05) is 6.54 Å². The van der Waals surface area contributed by atoms with E-state index in [1.165, 1.54) is 0 Å². The predicted octanol–water partition coefficient (Wildman–Crippen LogP) is 1.53. The number of unbranched alkanes of at least 4 members (excludes halogenated alkanes) is 3. The highest BCUT2D eigenvalue weighted by Crippen LogP contribution is 2.12. The van der Waals surface area contributed by atoms with Crippen LogP contribution in [0.4, 0.5) is 0 Å². The second kappa shape index (κ2) is 14.2. The lowest BCUT2D eigenvalue weighted by molar-refractivity contribution is -0.143. The van der Waals surface area contributed by atoms with Crippen LogP contribution >= 0.6 is 0 Å². The summed E-state index contributed by atoms with van der Waals surface area (Å²) in [5.41, 5.74) is 0. The van der Waals surface area contributed by atoms with Gasteiger partial charge in [-0.3, -0.25) is 14.6 Å². The van der Waals surface area contributed by atoms with Gasteiger partial charge in [0.25, 0.3) is 0 Å². The van der Waals surface area contributed by atoms with E-state index in [1.54, 1.807) is 4.90 Å². The van der Waals surface area contributed by atoms with Gasteiger partial charge in [0.2, 0.25) is 0 Å². The van der Waals surface area contributed by atoms with Gasteiger partial charge in [-0.2, -0.15) is 0 Å². The van der Waals surface area contributed by atoms with Crippen LogP contribution in [0.2, 0.25) is 0 Å². The van der Waals surface area contributed by atoms with E-state index in [1.807, 2.05) is 4.90 Å². The van der Waals surface area contributed by atoms with Crippen LogP contribution in [0.25, 0.3) is 0 Å². The second-order valence-corrected chi connectivity index (χ2v) is 5.49. The van der Waals surface area contributed by atoms with Gasteiger partial charge in [0.1, 0.15) is 6.04 Å². The highest BCUT2D eigenvalue weighted by atomic mass is 16.4. The molecule has 0 rings (SSSR count). The normalized spacial score (nSPS) is 11.2. The Bertz CT molecular complexity index is 496. The Morgan fingerprint density at radius 2 is 1.33 bits per heavy atom. The van der Waals surface area contributed by atoms with Crippen molar-refractivity contribution in [2.75, 3.05) is 32.7 Å². The van der Waals surface area contributed by atoms with Crippen LogP contribution in [-0.2, 0) is 4.79 Å². The van der Waals surface area contributed by atoms with Gasteiger partial charge in [0.05, 0.1) is 26.2 Å². The van der Waals surface area contributed by atoms with Crippen molar-refractivity contribution in [3.8, 4) is 49.4 Å². The van der Waals surface area contributed by atoms with Crippen molar-refractivity contribution in [3.63, 3.8) is 0 Å². The van der Waals surface area contributed by atoms with E-state index >= 15 is 0 Å². The quantitative estimate of drug-likeness (QED) is 0.412. The van der Waals surface area contributed by atoms with Crippen molar-refractivity contribution in [3.05, 3.63) is 0 Å². The molecule has 0 spiro atoms. The van der Waals surface area contributed by atoms with Gasteiger partial charge in [-0.1, -0.05) is 42.9 Å². The summed E-state index contributed by atoms with van der Waals surface area (Å²) in [6.07, 6.45) is 25.5. The molecule has 0 aliphatic rings. The lowest BCUT2D eigenvalue weighted by Gasteiger charge is -2.25. The first kappa shape index (κ1) is 21.6. The Morgan fingerprint density at radius 3 is 1.79 bits per heavy atom. The summed E-state index contributed by atoms with van der Waals surface area (Å²) >= 11 is 0. The fourth-order valence-electron chi connectivity index (χ4n) is 2.47. The zero-order chi connectivity index (χ0) is 18.2. The molecule has 0 aliphatic carbocycles. The average molecular weight is 326 g/mol. The summed E-state index contributed by atoms with van der Waals surface area (Å²) in [6, 6.07) is -0.628. The van der Waals surface area contributed by atoms with Gasteiger partial charge >= 0.3 is 5.97 Å². The van der Waals surface area contributed by atoms with Gasteiger partial charge in [0.15, 0.2) is 0 Å². The van der Waals surface area contributed by atoms with Gasteiger partial charge < -0.3 is 5.11 Å². The maximum atomic E-state index is 11.4. The van der Waals surface area contributed by atoms with Gasteiger partial charge in [-0.25, -0.2) is 0 Å². The van der Waals surface area contributed by atoms with E-state index in [4.69, 9.17) is 25.7 Å². The molecule has 0 unspecified atom stereocenters. The molecule has 0 saturated carbocycles. The van der Waals surface area contributed by atoms with Crippen LogP contribution in [0.15, 0.2) is 0 Å². The second-order valence-electron chi connectivity index (χ2n) is 5.49. The highest BCUT2D eigenvalue weighted by Gasteiger charge is 2.23. The molecule has 24 heavy (non-hydrogen) atoms. The monoisotopic (exact) mass is 326 g/mol. The number of carboxylic acid groups (broad SMARTS) is 1. The van der Waals surface area contributed by atoms with Crippen LogP contribution in [0.1, 0.15) is 32.1 Å². The fourth-order valence-corrected chi connectivity index (χ4v) is 2.47. The third-order valence-corrected chi connectivity index (χ3v) is 3.65. The summed E-state index contributed by atoms with van der Waals surface area (Å²) in [5, 5.41) is 9.37. The molecule has 0 heterocycles. The summed E-state index contributed by atoms with van der Waals surface area (Å²) < 4.78 is 0. The van der Waals surface area contributed by atoms with Crippen molar-refractivity contribution in [2.24, 2.45) is 0 Å². The standard InChI is InChI=1S/C20H26N2O2/c1-5-14-21(15-6-2)18-12-10-9-11-13-19(20(23)24)22(16-7-3)17-8-4/h1-4,19H,9-18H2,(H,23,24)/t19-/m0/s1. The molecule has 0 amide bonds. The molecule has 4 heteroatoms. The van der Waals surface area contributed by atoms with Crippen molar-refractivity contribution >= 4 is 5.97 Å². The lowest BCUT2D eigenvalue weighted by Crippen LogP contribution is -2.41. The Hall–Kier alpha value is -2.37. The minimum absolute atomic E-state index is 0.244. The third-order valence-electron chi connectivity index (χ3n) is 3.65. The molecular formula is C20H26N2O2. The van der Waals surface area contributed by atoms with Gasteiger partial charge in [-0.05, 0) is 12.8 Å². The Morgan fingerprint density at radius 1 is 0.833 bits per heavy atom. The van der Waals surface area contributed by atoms with Crippen molar-refractivity contribution in [1.29, 1.82) is 0 Å². The molecule has 0 aliphatic heterocycles. The third kappa shape index (κ3) is 9.61. The maximum Gasteiger partial charge on any atom is 0.320 e. The zero-order valence-corrected chi connectivity index (χ0v) is 14.2. The zero-order valence-electron chi connectivity index (χ0n) is 14.2. The first-order chi connectivity index (χ1) is 11.6. The Labute approximate surface area is 146 Å². The number of rotatable bonds is 13. The van der Waals surface area contributed by atoms with E-state index in [9.17, 15) is 9.90 Å². The number of aliphatic carboxylic acids is 1. The summed E-state index contributed by atoms with van der Waals surface area (Å²) in [4.78, 5) is 15.1. The van der Waals surface area contributed by atoms with E-state index in [2.05, 4.69) is 23.7 Å². The van der Waals surface area contributed by atoms with Crippen LogP contribution in [0.5, 0.6) is 0 Å². The number of nitrogens with zero attached hydrogens (tertiary/aromatic N) is 2. The summed E-state index contributed by atoms with van der Waals surface area (Å²) in [6.45, 7) is 2.45. The molecule has 0 saturated heterocycles. The number of hydrogen-bond donors (Lipinski definition) is 1. The van der Waals surface area contributed by atoms with Gasteiger partial charge in [-0.15, -0.1) is 25.7 Å². The molecule has 0 fully saturated rings. The highest BCUT2D eigenvalue weighted by molar-refractivity contribution is 5.73. The van der Waals surface area contributed by atoms with E-state index in [0.29, 0.717) is 19.5 Å². The number of hydrogen-bond acceptors (Lipinski definition) is 3. The first-order valence-corrected chi connectivity index (χ1v) is 8.03. The van der Waals surface area contributed by atoms with E-state index in [0.717, 1.165) is 32.2 Å².